The molecule has 1 heterocycles. The number of allylic oxidation sites excluding steroid dienone is 2. The number of rotatable bonds is 58. The summed E-state index contributed by atoms with van der Waals surface area (Å²) >= 11 is 2.05. The van der Waals surface area contributed by atoms with Gasteiger partial charge in [0, 0.05) is 23.1 Å². The van der Waals surface area contributed by atoms with E-state index in [1.165, 1.54) is 353 Å². The molecule has 3 rings (SSSR count). The van der Waals surface area contributed by atoms with Crippen LogP contribution in [0, 0.1) is 11.8 Å². The Morgan fingerprint density at radius 1 is 0.321 bits per heavy atom. The third-order valence-corrected chi connectivity index (χ3v) is 19.3. The van der Waals surface area contributed by atoms with Crippen molar-refractivity contribution in [1.29, 1.82) is 0 Å². The van der Waals surface area contributed by atoms with E-state index in [2.05, 4.69) is 116 Å². The Morgan fingerprint density at radius 3 is 0.905 bits per heavy atom. The van der Waals surface area contributed by atoms with Crippen LogP contribution in [0.15, 0.2) is 59.7 Å². The van der Waals surface area contributed by atoms with E-state index < -0.39 is 0 Å². The maximum atomic E-state index is 11.8. The van der Waals surface area contributed by atoms with Gasteiger partial charge in [-0.05, 0) is 73.9 Å². The van der Waals surface area contributed by atoms with Gasteiger partial charge >= 0.3 is 166 Å². The van der Waals surface area contributed by atoms with Gasteiger partial charge in [0.05, 0.1) is 0 Å². The first-order valence-corrected chi connectivity index (χ1v) is 39.0. The molecule has 0 fully saturated rings. The molecule has 0 aromatic heterocycles. The number of benzene rings is 2. The molecule has 3 heteroatoms. The van der Waals surface area contributed by atoms with Crippen molar-refractivity contribution in [3.63, 3.8) is 0 Å². The summed E-state index contributed by atoms with van der Waals surface area (Å²) in [5, 5.41) is 2.87. The third kappa shape index (κ3) is 41.7. The zero-order valence-corrected chi connectivity index (χ0v) is 58.1. The molecule has 0 N–H and O–H groups in total. The first-order chi connectivity index (χ1) is 41.6. The Labute approximate surface area is 532 Å². The normalized spacial score (nSPS) is 12.4. The molecule has 0 saturated heterocycles. The van der Waals surface area contributed by atoms with Gasteiger partial charge in [-0.2, -0.15) is 0 Å². The van der Waals surface area contributed by atoms with Gasteiger partial charge in [0.1, 0.15) is 5.57 Å². The molecule has 1 aliphatic heterocycles. The van der Waals surface area contributed by atoms with Crippen LogP contribution in [0.3, 0.4) is 0 Å². The second-order valence-electron chi connectivity index (χ2n) is 25.9. The molecule has 0 bridgehead atoms. The molecule has 2 nitrogen and oxygen atoms in total. The smallest absolute Gasteiger partial charge is 0.0654 e. The zero-order chi connectivity index (χ0) is 60.3. The van der Waals surface area contributed by atoms with Crippen LogP contribution in [0.25, 0.3) is 16.9 Å². The van der Waals surface area contributed by atoms with Gasteiger partial charge in [-0.3, -0.25) is 0 Å². The summed E-state index contributed by atoms with van der Waals surface area (Å²) in [4.78, 5) is 0. The summed E-state index contributed by atoms with van der Waals surface area (Å²) in [6.07, 6.45) is 76.9. The summed E-state index contributed by atoms with van der Waals surface area (Å²) in [5.74, 6) is 6.81. The van der Waals surface area contributed by atoms with Crippen LogP contribution in [0.1, 0.15) is 404 Å². The zero-order valence-electron chi connectivity index (χ0n) is 57.1. The van der Waals surface area contributed by atoms with Crippen LogP contribution in [0.5, 0.6) is 0 Å². The molecule has 0 unspecified atom stereocenters. The minimum absolute atomic E-state index is 0.795. The molecular weight excluding hydrogens is 1060 g/mol. The van der Waals surface area contributed by atoms with Crippen molar-refractivity contribution in [3.05, 3.63) is 87.5 Å². The third-order valence-electron chi connectivity index (χ3n) is 17.9. The van der Waals surface area contributed by atoms with E-state index >= 15 is 0 Å². The van der Waals surface area contributed by atoms with E-state index in [1.807, 2.05) is 0 Å². The molecule has 0 aliphatic carbocycles. The van der Waals surface area contributed by atoms with Gasteiger partial charge in [-0.25, -0.2) is 4.70 Å². The van der Waals surface area contributed by atoms with E-state index in [-0.39, 0.29) is 0 Å². The average Bonchev–Trinajstić information content (AvgIpc) is 2.11. The number of hydrogen-bond donors (Lipinski definition) is 0. The average molecular weight is 1200 g/mol. The van der Waals surface area contributed by atoms with Crippen LogP contribution in [-0.4, -0.2) is 4.70 Å². The number of hydrogen-bond acceptors (Lipinski definition) is 0. The van der Waals surface area contributed by atoms with Gasteiger partial charge in [-0.1, -0.05) is 245 Å². The minimum atomic E-state index is 0.795. The van der Waals surface area contributed by atoms with Crippen molar-refractivity contribution >= 4 is 11.4 Å². The molecule has 1 aliphatic rings. The Morgan fingerprint density at radius 2 is 0.595 bits per heavy atom. The molecular formula is C81H140N2Ni. The standard InChI is InChI=1S/C35H46N2.2C23H47.Ni/c1-5-9-13-18-28-20-16-22-30(26-28)34-32(24-12-8-4)33(25-15-11-7-3)35(37(34)36)31-23-17-21-29(27-31)19-14-10-6-2;2*1-3-5-7-9-11-13-15-17-19-21-23-22-20-18-16-14-12-10-8-6-4-2;/h16-17,20-23,26-27H,5-11,13-15,18-19,25H2,1-4H3;2*1,3-23H2,2H3;. The molecule has 0 amide bonds. The Kier molecular flexibility index (Phi) is 55.0. The Balaban J connectivity index is 0.000000587. The van der Waals surface area contributed by atoms with Crippen molar-refractivity contribution in [2.45, 2.75) is 405 Å². The van der Waals surface area contributed by atoms with Crippen LogP contribution in [-0.2, 0) is 27.3 Å². The van der Waals surface area contributed by atoms with Gasteiger partial charge in [-0.15, -0.1) is 0 Å². The SMILES string of the molecule is CCC#CC1=C(c2cccc(CCCCC)c2)[N+](=[N-])C(c2cccc(CCCCC)c2)=C1CCCCC.CCCCCCCCCCCCCCCCCCCCCC[CH2][Ni][CH2]CCCCCCCCCCCCCCCCCCCCCC. The second kappa shape index (κ2) is 59.5. The fraction of sp³-hybridized carbons (Fsp3) is 0.778. The van der Waals surface area contributed by atoms with Crippen molar-refractivity contribution in [2.24, 2.45) is 0 Å². The number of unbranched alkanes of at least 4 members (excludes halogenated alkanes) is 46. The summed E-state index contributed by atoms with van der Waals surface area (Å²) in [5.41, 5.74) is 20.6. The Bertz CT molecular complexity index is 1880. The van der Waals surface area contributed by atoms with Crippen molar-refractivity contribution in [2.75, 3.05) is 0 Å². The fourth-order valence-electron chi connectivity index (χ4n) is 12.4. The van der Waals surface area contributed by atoms with E-state index in [9.17, 15) is 5.53 Å². The summed E-state index contributed by atoms with van der Waals surface area (Å²) in [7, 11) is 0. The monoisotopic (exact) mass is 1200 g/mol. The molecule has 0 radical (unpaired) electrons. The van der Waals surface area contributed by atoms with Gasteiger partial charge in [0.15, 0.2) is 0 Å². The summed E-state index contributed by atoms with van der Waals surface area (Å²) < 4.78 is 1.46. The van der Waals surface area contributed by atoms with Crippen molar-refractivity contribution < 1.29 is 19.1 Å². The molecule has 0 saturated carbocycles. The van der Waals surface area contributed by atoms with Crippen LogP contribution >= 0.6 is 0 Å². The van der Waals surface area contributed by atoms with Crippen molar-refractivity contribution in [1.82, 2.24) is 0 Å². The predicted molar refractivity (Wildman–Crippen MR) is 374 cm³/mol. The summed E-state index contributed by atoms with van der Waals surface area (Å²) in [6.45, 7) is 13.4. The maximum absolute atomic E-state index is 11.8. The molecule has 484 valence electrons. The van der Waals surface area contributed by atoms with Gasteiger partial charge in [0.25, 0.3) is 0 Å². The summed E-state index contributed by atoms with van der Waals surface area (Å²) in [6, 6.07) is 17.5. The first-order valence-electron chi connectivity index (χ1n) is 37.6. The van der Waals surface area contributed by atoms with Crippen molar-refractivity contribution in [3.8, 4) is 11.8 Å². The van der Waals surface area contributed by atoms with E-state index in [1.54, 1.807) is 0 Å². The topological polar surface area (TPSA) is 25.3 Å². The molecule has 2 aromatic carbocycles. The molecule has 84 heavy (non-hydrogen) atoms. The predicted octanol–water partition coefficient (Wildman–Crippen LogP) is 28.6. The molecule has 0 spiro atoms. The number of aryl methyl sites for hydroxylation is 2. The number of nitrogens with zero attached hydrogens (tertiary/aromatic N) is 2. The van der Waals surface area contributed by atoms with E-state index in [0.29, 0.717) is 0 Å². The Hall–Kier alpha value is -2.43. The van der Waals surface area contributed by atoms with Crippen LogP contribution in [0.4, 0.5) is 0 Å². The fourth-order valence-corrected chi connectivity index (χ4v) is 13.7. The van der Waals surface area contributed by atoms with Crippen LogP contribution in [0.2, 0.25) is 10.8 Å². The van der Waals surface area contributed by atoms with Gasteiger partial charge < -0.3 is 5.53 Å². The van der Waals surface area contributed by atoms with E-state index in [0.717, 1.165) is 60.2 Å². The minimum Gasteiger partial charge on any atom is -0.0654 e. The van der Waals surface area contributed by atoms with Gasteiger partial charge in [0.2, 0.25) is 11.4 Å². The quantitative estimate of drug-likeness (QED) is 0.0273. The van der Waals surface area contributed by atoms with Crippen LogP contribution < -0.4 is 0 Å². The first kappa shape index (κ1) is 77.7. The molecule has 2 aromatic rings. The molecule has 0 atom stereocenters. The van der Waals surface area contributed by atoms with E-state index in [4.69, 9.17) is 0 Å². The second-order valence-corrected chi connectivity index (χ2v) is 27.4.